The molecule has 126 valence electrons. The van der Waals surface area contributed by atoms with Crippen molar-refractivity contribution in [1.82, 2.24) is 24.2 Å². The van der Waals surface area contributed by atoms with Crippen LogP contribution >= 0.6 is 0 Å². The lowest BCUT2D eigenvalue weighted by atomic mass is 10.3. The van der Waals surface area contributed by atoms with Gasteiger partial charge in [0, 0.05) is 13.0 Å². The molecule has 0 saturated heterocycles. The third-order valence-corrected chi connectivity index (χ3v) is 4.89. The fourth-order valence-electron chi connectivity index (χ4n) is 2.48. The van der Waals surface area contributed by atoms with Crippen molar-refractivity contribution < 1.29 is 12.9 Å². The second kappa shape index (κ2) is 6.28. The first-order chi connectivity index (χ1) is 11.0. The van der Waals surface area contributed by atoms with Gasteiger partial charge in [0.2, 0.25) is 15.9 Å². The number of nitrogens with zero attached hydrogens (tertiary/aromatic N) is 5. The summed E-state index contributed by atoms with van der Waals surface area (Å²) in [5.41, 5.74) is 1.70. The van der Waals surface area contributed by atoms with E-state index in [4.69, 9.17) is 4.52 Å². The molecule has 10 heteroatoms. The van der Waals surface area contributed by atoms with Crippen molar-refractivity contribution >= 4 is 16.0 Å². The second-order valence-electron chi connectivity index (χ2n) is 5.56. The maximum absolute atomic E-state index is 11.6. The summed E-state index contributed by atoms with van der Waals surface area (Å²) in [6.45, 7) is 3.88. The Kier molecular flexibility index (Phi) is 4.35. The number of nitrogens with one attached hydrogen (secondary N) is 1. The Labute approximate surface area is 134 Å². The zero-order valence-corrected chi connectivity index (χ0v) is 14.0. The Bertz CT molecular complexity index is 781. The minimum absolute atomic E-state index is 0.356. The number of aryl methyl sites for hydroxylation is 1. The van der Waals surface area contributed by atoms with Crippen molar-refractivity contribution in [1.29, 1.82) is 0 Å². The normalized spacial score (nSPS) is 15.6. The fourth-order valence-corrected chi connectivity index (χ4v) is 3.26. The molecule has 0 fully saturated rings. The molecule has 0 amide bonds. The SMILES string of the molecule is CCCc1nc(NCc2cc3n(n2)CCN(S(C)(=O)=O)C3)no1. The van der Waals surface area contributed by atoms with Crippen molar-refractivity contribution in [2.24, 2.45) is 0 Å². The van der Waals surface area contributed by atoms with Gasteiger partial charge in [0.15, 0.2) is 0 Å². The van der Waals surface area contributed by atoms with Gasteiger partial charge in [0.25, 0.3) is 5.95 Å². The number of aromatic nitrogens is 4. The van der Waals surface area contributed by atoms with Gasteiger partial charge in [-0.25, -0.2) is 8.42 Å². The zero-order valence-electron chi connectivity index (χ0n) is 13.2. The third-order valence-electron chi connectivity index (χ3n) is 3.64. The number of hydrogen-bond acceptors (Lipinski definition) is 7. The molecular weight excluding hydrogens is 320 g/mol. The molecular formula is C13H20N6O3S. The van der Waals surface area contributed by atoms with E-state index in [1.807, 2.05) is 17.7 Å². The van der Waals surface area contributed by atoms with Gasteiger partial charge in [-0.3, -0.25) is 4.68 Å². The first-order valence-electron chi connectivity index (χ1n) is 7.53. The molecule has 1 aliphatic rings. The van der Waals surface area contributed by atoms with Gasteiger partial charge in [-0.15, -0.1) is 0 Å². The molecule has 1 aliphatic heterocycles. The fraction of sp³-hybridized carbons (Fsp3) is 0.615. The van der Waals surface area contributed by atoms with Crippen LogP contribution in [0, 0.1) is 0 Å². The van der Waals surface area contributed by atoms with E-state index in [9.17, 15) is 8.42 Å². The lowest BCUT2D eigenvalue weighted by Crippen LogP contribution is -2.37. The van der Waals surface area contributed by atoms with E-state index in [1.165, 1.54) is 10.6 Å². The highest BCUT2D eigenvalue weighted by atomic mass is 32.2. The van der Waals surface area contributed by atoms with Crippen molar-refractivity contribution in [3.05, 3.63) is 23.3 Å². The van der Waals surface area contributed by atoms with Gasteiger partial charge < -0.3 is 9.84 Å². The van der Waals surface area contributed by atoms with Crippen LogP contribution in [-0.4, -0.2) is 45.4 Å². The predicted molar refractivity (Wildman–Crippen MR) is 83.1 cm³/mol. The third kappa shape index (κ3) is 3.70. The molecule has 0 radical (unpaired) electrons. The number of rotatable bonds is 6. The van der Waals surface area contributed by atoms with Gasteiger partial charge >= 0.3 is 0 Å². The Morgan fingerprint density at radius 3 is 2.96 bits per heavy atom. The Morgan fingerprint density at radius 1 is 1.39 bits per heavy atom. The highest BCUT2D eigenvalue weighted by Gasteiger charge is 2.24. The summed E-state index contributed by atoms with van der Waals surface area (Å²) in [6, 6.07) is 1.90. The Balaban J connectivity index is 1.63. The maximum Gasteiger partial charge on any atom is 0.263 e. The smallest absolute Gasteiger partial charge is 0.263 e. The van der Waals surface area contributed by atoms with Crippen LogP contribution in [0.5, 0.6) is 0 Å². The van der Waals surface area contributed by atoms with Crippen LogP contribution in [0.25, 0.3) is 0 Å². The molecule has 0 saturated carbocycles. The molecule has 1 N–H and O–H groups in total. The molecule has 0 bridgehead atoms. The highest BCUT2D eigenvalue weighted by molar-refractivity contribution is 7.88. The van der Waals surface area contributed by atoms with Crippen molar-refractivity contribution in [2.75, 3.05) is 18.1 Å². The summed E-state index contributed by atoms with van der Waals surface area (Å²) >= 11 is 0. The Hall–Kier alpha value is -1.94. The summed E-state index contributed by atoms with van der Waals surface area (Å²) < 4.78 is 31.7. The topological polar surface area (TPSA) is 106 Å². The predicted octanol–water partition coefficient (Wildman–Crippen LogP) is 0.606. The van der Waals surface area contributed by atoms with Crippen LogP contribution in [-0.2, 0) is 36.1 Å². The van der Waals surface area contributed by atoms with E-state index in [-0.39, 0.29) is 0 Å². The van der Waals surface area contributed by atoms with Gasteiger partial charge in [-0.05, 0) is 17.6 Å². The van der Waals surface area contributed by atoms with Crippen LogP contribution in [0.15, 0.2) is 10.6 Å². The van der Waals surface area contributed by atoms with Crippen LogP contribution in [0.4, 0.5) is 5.95 Å². The van der Waals surface area contributed by atoms with Gasteiger partial charge in [-0.2, -0.15) is 14.4 Å². The number of hydrogen-bond donors (Lipinski definition) is 1. The molecule has 9 nitrogen and oxygen atoms in total. The molecule has 3 heterocycles. The second-order valence-corrected chi connectivity index (χ2v) is 7.54. The average molecular weight is 340 g/mol. The lowest BCUT2D eigenvalue weighted by molar-refractivity contribution is 0.328. The first-order valence-corrected chi connectivity index (χ1v) is 9.37. The summed E-state index contributed by atoms with van der Waals surface area (Å²) in [5, 5.41) is 11.4. The number of anilines is 1. The Morgan fingerprint density at radius 2 is 2.22 bits per heavy atom. The summed E-state index contributed by atoms with van der Waals surface area (Å²) in [4.78, 5) is 4.23. The van der Waals surface area contributed by atoms with Crippen LogP contribution < -0.4 is 5.32 Å². The van der Waals surface area contributed by atoms with E-state index in [0.29, 0.717) is 38.0 Å². The molecule has 0 spiro atoms. The van der Waals surface area contributed by atoms with E-state index in [0.717, 1.165) is 24.2 Å². The zero-order chi connectivity index (χ0) is 16.4. The number of sulfonamides is 1. The molecule has 0 aromatic carbocycles. The van der Waals surface area contributed by atoms with Crippen LogP contribution in [0.2, 0.25) is 0 Å². The van der Waals surface area contributed by atoms with Crippen molar-refractivity contribution in [3.8, 4) is 0 Å². The highest BCUT2D eigenvalue weighted by Crippen LogP contribution is 2.16. The summed E-state index contributed by atoms with van der Waals surface area (Å²) in [6.07, 6.45) is 2.94. The van der Waals surface area contributed by atoms with Gasteiger partial charge in [-0.1, -0.05) is 6.92 Å². The minimum atomic E-state index is -3.17. The van der Waals surface area contributed by atoms with Crippen molar-refractivity contribution in [2.45, 2.75) is 39.4 Å². The van der Waals surface area contributed by atoms with Gasteiger partial charge in [0.05, 0.1) is 37.3 Å². The van der Waals surface area contributed by atoms with E-state index in [1.54, 1.807) is 0 Å². The summed E-state index contributed by atoms with van der Waals surface area (Å²) in [5.74, 6) is 1.06. The quantitative estimate of drug-likeness (QED) is 0.821. The molecule has 2 aromatic heterocycles. The van der Waals surface area contributed by atoms with Crippen molar-refractivity contribution in [3.63, 3.8) is 0 Å². The first kappa shape index (κ1) is 15.9. The van der Waals surface area contributed by atoms with Crippen LogP contribution in [0.1, 0.15) is 30.6 Å². The van der Waals surface area contributed by atoms with E-state index >= 15 is 0 Å². The molecule has 0 unspecified atom stereocenters. The average Bonchev–Trinajstić information content (AvgIpc) is 3.09. The molecule has 23 heavy (non-hydrogen) atoms. The monoisotopic (exact) mass is 340 g/mol. The largest absolute Gasteiger partial charge is 0.346 e. The lowest BCUT2D eigenvalue weighted by Gasteiger charge is -2.25. The molecule has 0 aliphatic carbocycles. The molecule has 3 rings (SSSR count). The van der Waals surface area contributed by atoms with Crippen LogP contribution in [0.3, 0.4) is 0 Å². The standard InChI is InChI=1S/C13H20N6O3S/c1-3-4-12-15-13(17-22-12)14-8-10-7-11-9-18(23(2,20)21)5-6-19(11)16-10/h7H,3-6,8-9H2,1-2H3,(H,14,17). The minimum Gasteiger partial charge on any atom is -0.346 e. The molecule has 0 atom stereocenters. The summed E-state index contributed by atoms with van der Waals surface area (Å²) in [7, 11) is -3.17. The van der Waals surface area contributed by atoms with Gasteiger partial charge in [0.1, 0.15) is 0 Å². The molecule has 2 aromatic rings. The maximum atomic E-state index is 11.6. The van der Waals surface area contributed by atoms with E-state index in [2.05, 4.69) is 20.6 Å². The number of fused-ring (bicyclic) bond motifs is 1. The van der Waals surface area contributed by atoms with E-state index < -0.39 is 10.0 Å².